The zero-order valence-corrected chi connectivity index (χ0v) is 24.8. The minimum Gasteiger partial charge on any atom is -0.453 e. The molecule has 0 saturated carbocycles. The monoisotopic (exact) mass is 617 g/mol. The number of ether oxygens (including phenoxy) is 1. The Morgan fingerprint density at radius 2 is 1.95 bits per heavy atom. The Balaban J connectivity index is 1.57. The van der Waals surface area contributed by atoms with Crippen LogP contribution in [-0.4, -0.2) is 41.4 Å². The minimum absolute atomic E-state index is 0.0135. The fourth-order valence-corrected chi connectivity index (χ4v) is 5.81. The number of anilines is 2. The van der Waals surface area contributed by atoms with Crippen LogP contribution in [0.4, 0.5) is 20.6 Å². The van der Waals surface area contributed by atoms with E-state index >= 15 is 4.39 Å². The molecule has 0 spiro atoms. The number of nitrogens with zero attached hydrogens (tertiary/aromatic N) is 2. The molecule has 0 aliphatic carbocycles. The molecule has 5 rings (SSSR count). The van der Waals surface area contributed by atoms with Gasteiger partial charge in [-0.2, -0.15) is 5.26 Å². The summed E-state index contributed by atoms with van der Waals surface area (Å²) >= 11 is 5.99. The van der Waals surface area contributed by atoms with Gasteiger partial charge in [-0.15, -0.1) is 0 Å². The van der Waals surface area contributed by atoms with E-state index in [4.69, 9.17) is 11.6 Å². The molecule has 2 bridgehead atoms. The number of aromatic amines is 1. The fourth-order valence-electron chi connectivity index (χ4n) is 5.65. The van der Waals surface area contributed by atoms with Crippen molar-refractivity contribution in [2.45, 2.75) is 38.6 Å². The highest BCUT2D eigenvalue weighted by molar-refractivity contribution is 6.31. The van der Waals surface area contributed by atoms with Crippen molar-refractivity contribution < 1.29 is 23.5 Å². The Kier molecular flexibility index (Phi) is 8.83. The quantitative estimate of drug-likeness (QED) is 0.329. The number of benzene rings is 2. The molecule has 2 aliphatic rings. The van der Waals surface area contributed by atoms with Crippen molar-refractivity contribution in [1.82, 2.24) is 9.88 Å². The predicted octanol–water partition coefficient (Wildman–Crippen LogP) is 6.00. The number of hydrogen-bond acceptors (Lipinski definition) is 6. The lowest BCUT2D eigenvalue weighted by Gasteiger charge is -2.35. The van der Waals surface area contributed by atoms with Crippen LogP contribution in [0, 0.1) is 23.1 Å². The number of nitriles is 1. The maximum absolute atomic E-state index is 15.0. The van der Waals surface area contributed by atoms with Crippen LogP contribution in [0.2, 0.25) is 5.02 Å². The largest absolute Gasteiger partial charge is 0.453 e. The van der Waals surface area contributed by atoms with E-state index in [-0.39, 0.29) is 40.9 Å². The van der Waals surface area contributed by atoms with Crippen LogP contribution in [0.15, 0.2) is 53.3 Å². The molecular weight excluding hydrogens is 589 g/mol. The molecule has 12 heteroatoms. The molecule has 10 nitrogen and oxygen atoms in total. The van der Waals surface area contributed by atoms with Crippen LogP contribution in [0.25, 0.3) is 16.7 Å². The van der Waals surface area contributed by atoms with Gasteiger partial charge in [-0.05, 0) is 60.7 Å². The first-order valence-corrected chi connectivity index (χ1v) is 14.4. The lowest BCUT2D eigenvalue weighted by Crippen LogP contribution is -2.38. The number of carbonyl (C=O) groups is 3. The molecule has 2 unspecified atom stereocenters. The third-order valence-electron chi connectivity index (χ3n) is 7.92. The second-order valence-electron chi connectivity index (χ2n) is 10.7. The third kappa shape index (κ3) is 6.21. The maximum atomic E-state index is 15.0. The summed E-state index contributed by atoms with van der Waals surface area (Å²) in [7, 11) is 1.24. The van der Waals surface area contributed by atoms with Crippen molar-refractivity contribution >= 4 is 46.5 Å². The summed E-state index contributed by atoms with van der Waals surface area (Å²) in [5.74, 6) is -1.77. The van der Waals surface area contributed by atoms with Crippen LogP contribution in [-0.2, 0) is 14.3 Å². The third-order valence-corrected chi connectivity index (χ3v) is 8.21. The lowest BCUT2D eigenvalue weighted by atomic mass is 9.91. The van der Waals surface area contributed by atoms with Gasteiger partial charge >= 0.3 is 6.09 Å². The number of H-pyrrole nitrogens is 1. The second-order valence-corrected chi connectivity index (χ2v) is 11.2. The summed E-state index contributed by atoms with van der Waals surface area (Å²) in [6.45, 7) is 2.01. The first-order chi connectivity index (χ1) is 21.1. The summed E-state index contributed by atoms with van der Waals surface area (Å²) in [5.41, 5.74) is 2.39. The first-order valence-electron chi connectivity index (χ1n) is 14.0. The number of hydrogen-bond donors (Lipinski definition) is 3. The van der Waals surface area contributed by atoms with Gasteiger partial charge in [0.05, 0.1) is 35.5 Å². The Morgan fingerprint density at radius 3 is 2.68 bits per heavy atom. The number of methoxy groups -OCH3 is 1. The summed E-state index contributed by atoms with van der Waals surface area (Å²) in [6, 6.07) is 12.2. The van der Waals surface area contributed by atoms with Crippen molar-refractivity contribution in [2.24, 2.45) is 5.92 Å². The van der Waals surface area contributed by atoms with E-state index in [1.165, 1.54) is 31.4 Å². The SMILES string of the molecule is COC(=O)Nc1ccc2c(c1)NC(=O)C(C)CCCC(N1CCC(c3c(C#N)ccc(Cl)c3F)=CC1=O)c1cc-2cc(=O)[nH]1. The number of aromatic nitrogens is 1. The topological polar surface area (TPSA) is 144 Å². The highest BCUT2D eigenvalue weighted by Crippen LogP contribution is 2.37. The summed E-state index contributed by atoms with van der Waals surface area (Å²) in [6.07, 6.45) is 2.42. The maximum Gasteiger partial charge on any atom is 0.411 e. The molecule has 0 saturated heterocycles. The van der Waals surface area contributed by atoms with E-state index in [9.17, 15) is 24.4 Å². The van der Waals surface area contributed by atoms with Gasteiger partial charge in [0.1, 0.15) is 0 Å². The van der Waals surface area contributed by atoms with Crippen molar-refractivity contribution in [1.29, 1.82) is 5.26 Å². The molecule has 3 N–H and O–H groups in total. The Morgan fingerprint density at radius 1 is 1.16 bits per heavy atom. The number of halogens is 2. The van der Waals surface area contributed by atoms with Crippen molar-refractivity contribution in [3.8, 4) is 17.2 Å². The van der Waals surface area contributed by atoms with E-state index in [1.54, 1.807) is 36.1 Å². The number of fused-ring (bicyclic) bond motifs is 4. The highest BCUT2D eigenvalue weighted by atomic mass is 35.5. The van der Waals surface area contributed by atoms with E-state index in [0.29, 0.717) is 53.0 Å². The summed E-state index contributed by atoms with van der Waals surface area (Å²) in [4.78, 5) is 56.0. The van der Waals surface area contributed by atoms with Crippen molar-refractivity contribution in [2.75, 3.05) is 24.3 Å². The van der Waals surface area contributed by atoms with Crippen molar-refractivity contribution in [3.05, 3.63) is 86.6 Å². The van der Waals surface area contributed by atoms with Gasteiger partial charge in [0.25, 0.3) is 0 Å². The Labute approximate surface area is 257 Å². The predicted molar refractivity (Wildman–Crippen MR) is 163 cm³/mol. The molecule has 2 aliphatic heterocycles. The van der Waals surface area contributed by atoms with Gasteiger partial charge in [-0.25, -0.2) is 9.18 Å². The fraction of sp³-hybridized carbons (Fsp3) is 0.281. The van der Waals surface area contributed by atoms with E-state index in [2.05, 4.69) is 20.4 Å². The Hall–Kier alpha value is -4.95. The van der Waals surface area contributed by atoms with Gasteiger partial charge in [0.2, 0.25) is 17.4 Å². The first kappa shape index (κ1) is 30.5. The van der Waals surface area contributed by atoms with E-state index in [1.807, 2.05) is 6.07 Å². The molecule has 226 valence electrons. The van der Waals surface area contributed by atoms with E-state index in [0.717, 1.165) is 0 Å². The van der Waals surface area contributed by atoms with Crippen LogP contribution < -0.4 is 16.2 Å². The molecule has 2 atom stereocenters. The van der Waals surface area contributed by atoms with Crippen LogP contribution in [0.5, 0.6) is 0 Å². The van der Waals surface area contributed by atoms with Crippen LogP contribution in [0.3, 0.4) is 0 Å². The zero-order chi connectivity index (χ0) is 31.5. The highest BCUT2D eigenvalue weighted by Gasteiger charge is 2.31. The molecule has 3 aromatic rings. The number of amides is 3. The molecule has 2 aromatic carbocycles. The van der Waals surface area contributed by atoms with Gasteiger partial charge < -0.3 is 19.9 Å². The zero-order valence-electron chi connectivity index (χ0n) is 24.0. The smallest absolute Gasteiger partial charge is 0.411 e. The molecular formula is C32H29ClFN5O5. The average molecular weight is 618 g/mol. The number of nitrogens with one attached hydrogen (secondary N) is 3. The van der Waals surface area contributed by atoms with Crippen LogP contribution >= 0.6 is 11.6 Å². The molecule has 3 heterocycles. The van der Waals surface area contributed by atoms with E-state index < -0.39 is 29.4 Å². The summed E-state index contributed by atoms with van der Waals surface area (Å²) < 4.78 is 19.7. The second kappa shape index (κ2) is 12.7. The molecule has 44 heavy (non-hydrogen) atoms. The number of pyridine rings is 1. The lowest BCUT2D eigenvalue weighted by molar-refractivity contribution is -0.129. The average Bonchev–Trinajstić information content (AvgIpc) is 3.00. The van der Waals surface area contributed by atoms with Crippen LogP contribution in [0.1, 0.15) is 55.5 Å². The van der Waals surface area contributed by atoms with Crippen molar-refractivity contribution in [3.63, 3.8) is 0 Å². The Bertz CT molecular complexity index is 1800. The normalized spacial score (nSPS) is 18.5. The molecule has 3 amide bonds. The number of rotatable bonds is 3. The van der Waals surface area contributed by atoms with Gasteiger partial charge in [-0.1, -0.05) is 31.0 Å². The standard InChI is InChI=1S/C32H29ClFN5O5/c1-17-4-3-5-26(39-11-10-18(14-28(39)41)29-19(16-35)6-9-23(33)30(29)34)25-12-20(13-27(40)37-25)22-8-7-21(36-32(43)44-2)15-24(22)38-31(17)42/h6-9,12-15,17,26H,3-5,10-11H2,1-2H3,(H,36,43)(H,37,40)(H,38,42). The number of carbonyl (C=O) groups excluding carboxylic acids is 3. The summed E-state index contributed by atoms with van der Waals surface area (Å²) in [5, 5.41) is 14.9. The van der Waals surface area contributed by atoms with Gasteiger partial charge in [-0.3, -0.25) is 19.7 Å². The minimum atomic E-state index is -0.753. The van der Waals surface area contributed by atoms with Gasteiger partial charge in [0.15, 0.2) is 5.82 Å². The molecule has 0 radical (unpaired) electrons. The van der Waals surface area contributed by atoms with Gasteiger partial charge in [0, 0.05) is 47.1 Å². The molecule has 0 fully saturated rings. The molecule has 1 aromatic heterocycles.